The molecule has 2 N–H and O–H groups in total. The Morgan fingerprint density at radius 1 is 0.906 bits per heavy atom. The van der Waals surface area contributed by atoms with Crippen molar-refractivity contribution in [3.8, 4) is 11.4 Å². The number of benzene rings is 3. The van der Waals surface area contributed by atoms with Gasteiger partial charge in [-0.05, 0) is 42.0 Å². The highest BCUT2D eigenvalue weighted by atomic mass is 32.2. The Morgan fingerprint density at radius 3 is 2.25 bits per heavy atom. The quantitative estimate of drug-likeness (QED) is 0.476. The van der Waals surface area contributed by atoms with Crippen LogP contribution in [0, 0.1) is 11.6 Å². The second-order valence-corrected chi connectivity index (χ2v) is 8.31. The lowest BCUT2D eigenvalue weighted by Crippen LogP contribution is -2.41. The molecular formula is C23H17F2N5OS. The van der Waals surface area contributed by atoms with Crippen LogP contribution in [0.3, 0.4) is 0 Å². The summed E-state index contributed by atoms with van der Waals surface area (Å²) in [6.45, 7) is 0. The first-order valence-electron chi connectivity index (χ1n) is 9.84. The summed E-state index contributed by atoms with van der Waals surface area (Å²) >= 11 is 1.26. The Balaban J connectivity index is 1.50. The maximum atomic E-state index is 13.5. The molecule has 5 rings (SSSR count). The zero-order chi connectivity index (χ0) is 22.1. The molecule has 9 heteroatoms. The van der Waals surface area contributed by atoms with Gasteiger partial charge in [-0.15, -0.1) is 10.2 Å². The van der Waals surface area contributed by atoms with Crippen LogP contribution in [0.1, 0.15) is 11.6 Å². The summed E-state index contributed by atoms with van der Waals surface area (Å²) in [6.07, 6.45) is 0. The fourth-order valence-electron chi connectivity index (χ4n) is 3.50. The van der Waals surface area contributed by atoms with Crippen LogP contribution < -0.4 is 10.7 Å². The summed E-state index contributed by atoms with van der Waals surface area (Å²) in [4.78, 5) is 13.2. The Hall–Kier alpha value is -3.72. The number of nitrogens with one attached hydrogen (secondary N) is 2. The molecule has 3 aromatic carbocycles. The van der Waals surface area contributed by atoms with Crippen LogP contribution >= 0.6 is 11.8 Å². The zero-order valence-corrected chi connectivity index (χ0v) is 17.4. The second kappa shape index (κ2) is 8.43. The van der Waals surface area contributed by atoms with Crippen LogP contribution in [0.25, 0.3) is 11.4 Å². The van der Waals surface area contributed by atoms with E-state index in [9.17, 15) is 13.6 Å². The molecule has 1 amide bonds. The zero-order valence-electron chi connectivity index (χ0n) is 16.6. The van der Waals surface area contributed by atoms with E-state index in [0.717, 1.165) is 11.1 Å². The molecule has 2 unspecified atom stereocenters. The molecule has 1 aromatic heterocycles. The van der Waals surface area contributed by atoms with Crippen molar-refractivity contribution in [2.24, 2.45) is 0 Å². The smallest absolute Gasteiger partial charge is 0.240 e. The van der Waals surface area contributed by atoms with Gasteiger partial charge >= 0.3 is 0 Å². The maximum Gasteiger partial charge on any atom is 0.240 e. The van der Waals surface area contributed by atoms with Gasteiger partial charge < -0.3 is 10.7 Å². The van der Waals surface area contributed by atoms with Gasteiger partial charge in [0.1, 0.15) is 16.9 Å². The Bertz CT molecular complexity index is 1250. The molecule has 0 bridgehead atoms. The van der Waals surface area contributed by atoms with Gasteiger partial charge in [0.05, 0.1) is 6.04 Å². The number of carbonyl (C=O) groups is 1. The molecule has 4 aromatic rings. The molecule has 1 aliphatic heterocycles. The van der Waals surface area contributed by atoms with Crippen LogP contribution in [0.5, 0.6) is 0 Å². The summed E-state index contributed by atoms with van der Waals surface area (Å²) in [5.74, 6) is -0.432. The van der Waals surface area contributed by atoms with Crippen LogP contribution in [-0.4, -0.2) is 26.0 Å². The number of carbonyl (C=O) groups excluding carboxylic acids is 1. The second-order valence-electron chi connectivity index (χ2n) is 7.20. The summed E-state index contributed by atoms with van der Waals surface area (Å²) in [6, 6.07) is 20.6. The number of aromatic nitrogens is 3. The molecule has 0 saturated carbocycles. The van der Waals surface area contributed by atoms with Gasteiger partial charge in [-0.25, -0.2) is 13.5 Å². The molecule has 0 aliphatic carbocycles. The van der Waals surface area contributed by atoms with Gasteiger partial charge in [-0.3, -0.25) is 4.79 Å². The molecule has 160 valence electrons. The highest BCUT2D eigenvalue weighted by Crippen LogP contribution is 2.39. The number of rotatable bonds is 4. The van der Waals surface area contributed by atoms with Gasteiger partial charge in [0.25, 0.3) is 0 Å². The monoisotopic (exact) mass is 449 g/mol. The Kier molecular flexibility index (Phi) is 5.32. The van der Waals surface area contributed by atoms with E-state index in [4.69, 9.17) is 0 Å². The number of nitrogens with zero attached hydrogens (tertiary/aromatic N) is 3. The van der Waals surface area contributed by atoms with Crippen molar-refractivity contribution in [1.29, 1.82) is 0 Å². The molecule has 2 atom stereocenters. The SMILES string of the molecule is O=C(Nc1ccc(F)cc1)C1Sc2nnc(-c3ccccc3)n2NC1c1ccc(F)cc1. The molecule has 1 aliphatic rings. The van der Waals surface area contributed by atoms with E-state index < -0.39 is 11.3 Å². The van der Waals surface area contributed by atoms with Crippen molar-refractivity contribution in [3.63, 3.8) is 0 Å². The van der Waals surface area contributed by atoms with E-state index in [-0.39, 0.29) is 17.5 Å². The molecule has 0 fully saturated rings. The third-order valence-corrected chi connectivity index (χ3v) is 6.28. The largest absolute Gasteiger partial charge is 0.325 e. The van der Waals surface area contributed by atoms with Crippen LogP contribution in [0.15, 0.2) is 84.0 Å². The first-order valence-corrected chi connectivity index (χ1v) is 10.7. The summed E-state index contributed by atoms with van der Waals surface area (Å²) < 4.78 is 28.5. The van der Waals surface area contributed by atoms with Gasteiger partial charge in [-0.1, -0.05) is 54.2 Å². The van der Waals surface area contributed by atoms with Gasteiger partial charge in [0.2, 0.25) is 11.1 Å². The molecular weight excluding hydrogens is 432 g/mol. The van der Waals surface area contributed by atoms with Crippen molar-refractivity contribution in [2.45, 2.75) is 16.4 Å². The minimum Gasteiger partial charge on any atom is -0.325 e. The maximum absolute atomic E-state index is 13.5. The van der Waals surface area contributed by atoms with Crippen molar-refractivity contribution in [2.75, 3.05) is 10.7 Å². The average molecular weight is 449 g/mol. The first-order chi connectivity index (χ1) is 15.6. The van der Waals surface area contributed by atoms with E-state index in [2.05, 4.69) is 20.9 Å². The predicted molar refractivity (Wildman–Crippen MR) is 119 cm³/mol. The average Bonchev–Trinajstić information content (AvgIpc) is 3.24. The number of fused-ring (bicyclic) bond motifs is 1. The third kappa shape index (κ3) is 3.94. The van der Waals surface area contributed by atoms with Gasteiger partial charge in [0, 0.05) is 11.3 Å². The van der Waals surface area contributed by atoms with Gasteiger partial charge in [0.15, 0.2) is 5.82 Å². The van der Waals surface area contributed by atoms with Crippen LogP contribution in [-0.2, 0) is 4.79 Å². The van der Waals surface area contributed by atoms with Crippen molar-refractivity contribution < 1.29 is 13.6 Å². The minimum atomic E-state index is -0.633. The lowest BCUT2D eigenvalue weighted by atomic mass is 10.0. The standard InChI is InChI=1S/C23H17F2N5OS/c24-16-8-6-14(7-9-16)19-20(22(31)26-18-12-10-17(25)11-13-18)32-23-28-27-21(30(23)29-19)15-4-2-1-3-5-15/h1-13,19-20,29H,(H,26,31). The van der Waals surface area contributed by atoms with Crippen molar-refractivity contribution in [1.82, 2.24) is 14.9 Å². The number of hydrogen-bond acceptors (Lipinski definition) is 5. The minimum absolute atomic E-state index is 0.293. The number of halogens is 2. The number of amides is 1. The fraction of sp³-hybridized carbons (Fsp3) is 0.0870. The summed E-state index contributed by atoms with van der Waals surface area (Å²) in [5.41, 5.74) is 5.41. The third-order valence-electron chi connectivity index (χ3n) is 5.07. The lowest BCUT2D eigenvalue weighted by molar-refractivity contribution is -0.116. The molecule has 6 nitrogen and oxygen atoms in total. The molecule has 2 heterocycles. The van der Waals surface area contributed by atoms with Crippen molar-refractivity contribution in [3.05, 3.63) is 96.1 Å². The number of hydrogen-bond donors (Lipinski definition) is 2. The van der Waals surface area contributed by atoms with E-state index in [1.807, 2.05) is 30.3 Å². The van der Waals surface area contributed by atoms with Crippen LogP contribution in [0.4, 0.5) is 14.5 Å². The van der Waals surface area contributed by atoms with E-state index in [1.165, 1.54) is 48.2 Å². The molecule has 0 saturated heterocycles. The summed E-state index contributed by atoms with van der Waals surface area (Å²) in [5, 5.41) is 11.3. The highest BCUT2D eigenvalue weighted by molar-refractivity contribution is 8.00. The number of thioether (sulfide) groups is 1. The summed E-state index contributed by atoms with van der Waals surface area (Å²) in [7, 11) is 0. The Morgan fingerprint density at radius 2 is 1.56 bits per heavy atom. The molecule has 0 spiro atoms. The van der Waals surface area contributed by atoms with E-state index in [0.29, 0.717) is 16.7 Å². The Labute approximate surface area is 186 Å². The topological polar surface area (TPSA) is 71.8 Å². The molecule has 0 radical (unpaired) electrons. The number of anilines is 1. The van der Waals surface area contributed by atoms with Crippen LogP contribution in [0.2, 0.25) is 0 Å². The van der Waals surface area contributed by atoms with Crippen molar-refractivity contribution >= 4 is 23.4 Å². The first kappa shape index (κ1) is 20.2. The fourth-order valence-corrected chi connectivity index (χ4v) is 4.58. The molecule has 32 heavy (non-hydrogen) atoms. The van der Waals surface area contributed by atoms with E-state index >= 15 is 0 Å². The lowest BCUT2D eigenvalue weighted by Gasteiger charge is -2.33. The normalized spacial score (nSPS) is 17.3. The van der Waals surface area contributed by atoms with E-state index in [1.54, 1.807) is 16.8 Å². The predicted octanol–water partition coefficient (Wildman–Crippen LogP) is 4.62. The van der Waals surface area contributed by atoms with Gasteiger partial charge in [-0.2, -0.15) is 0 Å². The highest BCUT2D eigenvalue weighted by Gasteiger charge is 2.38.